The molecule has 0 radical (unpaired) electrons. The average molecular weight is 297 g/mol. The van der Waals surface area contributed by atoms with Gasteiger partial charge < -0.3 is 10.0 Å². The topological polar surface area (TPSA) is 47.0 Å². The molecule has 1 amide bonds. The van der Waals surface area contributed by atoms with Gasteiger partial charge in [-0.1, -0.05) is 6.92 Å². The van der Waals surface area contributed by atoms with Crippen molar-refractivity contribution >= 4 is 5.91 Å². The van der Waals surface area contributed by atoms with Gasteiger partial charge >= 0.3 is 0 Å². The van der Waals surface area contributed by atoms with Crippen LogP contribution in [0, 0.1) is 0 Å². The Morgan fingerprint density at radius 1 is 1.14 bits per heavy atom. The molecule has 0 saturated carbocycles. The number of piperazine rings is 1. The number of aliphatic hydroxyl groups excluding tert-OH is 1. The molecule has 0 aliphatic carbocycles. The maximum atomic E-state index is 12.4. The molecule has 0 spiro atoms. The molecule has 2 heterocycles. The van der Waals surface area contributed by atoms with Crippen LogP contribution in [0.1, 0.15) is 39.5 Å². The van der Waals surface area contributed by atoms with E-state index in [4.69, 9.17) is 0 Å². The number of aliphatic hydroxyl groups is 1. The zero-order valence-corrected chi connectivity index (χ0v) is 13.6. The number of amides is 1. The largest absolute Gasteiger partial charge is 0.392 e. The summed E-state index contributed by atoms with van der Waals surface area (Å²) in [6.45, 7) is 10.2. The van der Waals surface area contributed by atoms with Gasteiger partial charge in [0.05, 0.1) is 12.6 Å². The Morgan fingerprint density at radius 3 is 2.43 bits per heavy atom. The molecule has 0 aromatic rings. The molecule has 5 nitrogen and oxygen atoms in total. The van der Waals surface area contributed by atoms with Crippen LogP contribution in [0.15, 0.2) is 0 Å². The van der Waals surface area contributed by atoms with Crippen molar-refractivity contribution in [3.8, 4) is 0 Å². The molecule has 2 aliphatic rings. The van der Waals surface area contributed by atoms with Gasteiger partial charge in [0.25, 0.3) is 0 Å². The van der Waals surface area contributed by atoms with E-state index >= 15 is 0 Å². The molecule has 2 aliphatic heterocycles. The van der Waals surface area contributed by atoms with Crippen molar-refractivity contribution in [2.24, 2.45) is 0 Å². The number of hydrogen-bond acceptors (Lipinski definition) is 4. The van der Waals surface area contributed by atoms with Crippen molar-refractivity contribution in [3.05, 3.63) is 0 Å². The number of nitrogens with zero attached hydrogens (tertiary/aromatic N) is 3. The quantitative estimate of drug-likeness (QED) is 0.814. The van der Waals surface area contributed by atoms with E-state index in [1.165, 1.54) is 6.42 Å². The van der Waals surface area contributed by atoms with Gasteiger partial charge in [0.2, 0.25) is 5.91 Å². The molecule has 2 saturated heterocycles. The molecule has 21 heavy (non-hydrogen) atoms. The first-order valence-electron chi connectivity index (χ1n) is 8.52. The highest BCUT2D eigenvalue weighted by atomic mass is 16.3. The molecular formula is C16H31N3O2. The normalized spacial score (nSPS) is 26.8. The van der Waals surface area contributed by atoms with Gasteiger partial charge in [-0.2, -0.15) is 0 Å². The highest BCUT2D eigenvalue weighted by molar-refractivity contribution is 5.78. The molecule has 0 aromatic carbocycles. The molecule has 2 atom stereocenters. The maximum Gasteiger partial charge on any atom is 0.236 e. The molecule has 1 N–H and O–H groups in total. The smallest absolute Gasteiger partial charge is 0.236 e. The minimum absolute atomic E-state index is 0.215. The first-order valence-corrected chi connectivity index (χ1v) is 8.52. The first-order chi connectivity index (χ1) is 10.1. The fourth-order valence-electron chi connectivity index (χ4n) is 3.31. The summed E-state index contributed by atoms with van der Waals surface area (Å²) >= 11 is 0. The Kier molecular flexibility index (Phi) is 6.45. The van der Waals surface area contributed by atoms with Crippen LogP contribution in [0.3, 0.4) is 0 Å². The van der Waals surface area contributed by atoms with Crippen LogP contribution in [0.5, 0.6) is 0 Å². The van der Waals surface area contributed by atoms with Crippen molar-refractivity contribution in [2.45, 2.75) is 51.7 Å². The first kappa shape index (κ1) is 16.7. The van der Waals surface area contributed by atoms with E-state index in [-0.39, 0.29) is 6.10 Å². The number of carbonyl (C=O) groups excluding carboxylic acids is 1. The summed E-state index contributed by atoms with van der Waals surface area (Å²) in [5.41, 5.74) is 0. The number of carbonyl (C=O) groups is 1. The van der Waals surface area contributed by atoms with Gasteiger partial charge in [-0.15, -0.1) is 0 Å². The Bertz CT molecular complexity index is 329. The lowest BCUT2D eigenvalue weighted by atomic mass is 10.0. The summed E-state index contributed by atoms with van der Waals surface area (Å²) < 4.78 is 0. The van der Waals surface area contributed by atoms with Crippen LogP contribution in [-0.2, 0) is 4.79 Å². The van der Waals surface area contributed by atoms with E-state index in [9.17, 15) is 9.90 Å². The van der Waals surface area contributed by atoms with Gasteiger partial charge in [0.15, 0.2) is 0 Å². The monoisotopic (exact) mass is 297 g/mol. The van der Waals surface area contributed by atoms with Crippen LogP contribution >= 0.6 is 0 Å². The van der Waals surface area contributed by atoms with Crippen molar-refractivity contribution < 1.29 is 9.90 Å². The van der Waals surface area contributed by atoms with Crippen molar-refractivity contribution in [3.63, 3.8) is 0 Å². The van der Waals surface area contributed by atoms with Gasteiger partial charge in [-0.25, -0.2) is 0 Å². The number of β-amino-alcohol motifs (C(OH)–C–C–N with tert-alkyl or cyclic N) is 1. The van der Waals surface area contributed by atoms with Gasteiger partial charge in [-0.05, 0) is 32.6 Å². The van der Waals surface area contributed by atoms with Crippen molar-refractivity contribution in [1.82, 2.24) is 14.7 Å². The van der Waals surface area contributed by atoms with Crippen LogP contribution in [0.4, 0.5) is 0 Å². The Hall–Kier alpha value is -0.650. The zero-order chi connectivity index (χ0) is 15.2. The second kappa shape index (κ2) is 8.11. The summed E-state index contributed by atoms with van der Waals surface area (Å²) in [6.07, 6.45) is 4.15. The van der Waals surface area contributed by atoms with E-state index in [1.807, 2.05) is 6.92 Å². The second-order valence-corrected chi connectivity index (χ2v) is 6.57. The van der Waals surface area contributed by atoms with E-state index < -0.39 is 0 Å². The predicted octanol–water partition coefficient (Wildman–Crippen LogP) is 0.776. The maximum absolute atomic E-state index is 12.4. The number of likely N-dealkylation sites (tertiary alicyclic amines) is 1. The van der Waals surface area contributed by atoms with Crippen LogP contribution in [0.2, 0.25) is 0 Å². The second-order valence-electron chi connectivity index (χ2n) is 6.57. The SMILES string of the molecule is CC[C@@H](O)CN1CCN(CC(=O)N2CCCCC2C)CC1. The van der Waals surface area contributed by atoms with Crippen LogP contribution in [0.25, 0.3) is 0 Å². The molecule has 2 fully saturated rings. The number of piperidine rings is 1. The lowest BCUT2D eigenvalue weighted by Crippen LogP contribution is -2.52. The lowest BCUT2D eigenvalue weighted by molar-refractivity contribution is -0.136. The van der Waals surface area contributed by atoms with E-state index in [0.29, 0.717) is 18.5 Å². The van der Waals surface area contributed by atoms with E-state index in [2.05, 4.69) is 21.6 Å². The summed E-state index contributed by atoms with van der Waals surface area (Å²) in [5, 5.41) is 9.70. The molecule has 1 unspecified atom stereocenters. The Labute approximate surface area is 128 Å². The highest BCUT2D eigenvalue weighted by Gasteiger charge is 2.26. The standard InChI is InChI=1S/C16H31N3O2/c1-3-15(20)12-17-8-10-18(11-9-17)13-16(21)19-7-5-4-6-14(19)2/h14-15,20H,3-13H2,1-2H3/t14?,15-/m1/s1. The third kappa shape index (κ3) is 4.94. The fourth-order valence-corrected chi connectivity index (χ4v) is 3.31. The van der Waals surface area contributed by atoms with Crippen LogP contribution in [-0.4, -0.2) is 83.7 Å². The Morgan fingerprint density at radius 2 is 1.81 bits per heavy atom. The fraction of sp³-hybridized carbons (Fsp3) is 0.938. The lowest BCUT2D eigenvalue weighted by Gasteiger charge is -2.38. The minimum atomic E-state index is -0.215. The summed E-state index contributed by atoms with van der Waals surface area (Å²) in [4.78, 5) is 19.0. The molecule has 5 heteroatoms. The Balaban J connectivity index is 1.71. The third-order valence-electron chi connectivity index (χ3n) is 4.89. The summed E-state index contributed by atoms with van der Waals surface area (Å²) in [5.74, 6) is 0.296. The van der Waals surface area contributed by atoms with Gasteiger partial charge in [0, 0.05) is 45.3 Å². The highest BCUT2D eigenvalue weighted by Crippen LogP contribution is 2.17. The zero-order valence-electron chi connectivity index (χ0n) is 13.6. The minimum Gasteiger partial charge on any atom is -0.392 e. The third-order valence-corrected chi connectivity index (χ3v) is 4.89. The number of hydrogen-bond donors (Lipinski definition) is 1. The predicted molar refractivity (Wildman–Crippen MR) is 84.2 cm³/mol. The van der Waals surface area contributed by atoms with E-state index in [0.717, 1.165) is 58.5 Å². The average Bonchev–Trinajstić information content (AvgIpc) is 2.49. The summed E-state index contributed by atoms with van der Waals surface area (Å²) in [7, 11) is 0. The van der Waals surface area contributed by atoms with Gasteiger partial charge in [-0.3, -0.25) is 14.6 Å². The molecule has 2 rings (SSSR count). The number of rotatable bonds is 5. The van der Waals surface area contributed by atoms with Crippen molar-refractivity contribution in [1.29, 1.82) is 0 Å². The summed E-state index contributed by atoms with van der Waals surface area (Å²) in [6, 6.07) is 0.409. The molecule has 0 aromatic heterocycles. The molecule has 0 bridgehead atoms. The van der Waals surface area contributed by atoms with Crippen LogP contribution < -0.4 is 0 Å². The van der Waals surface area contributed by atoms with Crippen molar-refractivity contribution in [2.75, 3.05) is 45.8 Å². The van der Waals surface area contributed by atoms with Gasteiger partial charge in [0.1, 0.15) is 0 Å². The van der Waals surface area contributed by atoms with E-state index in [1.54, 1.807) is 0 Å². The molecule has 122 valence electrons. The molecular weight excluding hydrogens is 266 g/mol.